The Balaban J connectivity index is 2.50. The minimum atomic E-state index is -0.305. The molecule has 0 saturated heterocycles. The minimum absolute atomic E-state index is 0.0189. The van der Waals surface area contributed by atoms with E-state index in [1.807, 2.05) is 0 Å². The summed E-state index contributed by atoms with van der Waals surface area (Å²) >= 11 is 0. The summed E-state index contributed by atoms with van der Waals surface area (Å²) < 4.78 is 18.1. The molecule has 0 amide bonds. The second-order valence-electron chi connectivity index (χ2n) is 3.58. The van der Waals surface area contributed by atoms with Crippen LogP contribution in [0.25, 0.3) is 0 Å². The average Bonchev–Trinajstić information content (AvgIpc) is 2.28. The van der Waals surface area contributed by atoms with Crippen LogP contribution in [-0.2, 0) is 4.74 Å². The van der Waals surface area contributed by atoms with Gasteiger partial charge in [-0.1, -0.05) is 0 Å². The lowest BCUT2D eigenvalue weighted by atomic mass is 10.1. The van der Waals surface area contributed by atoms with Crippen molar-refractivity contribution in [1.29, 1.82) is 0 Å². The molecule has 0 unspecified atom stereocenters. The molecule has 4 heteroatoms. The summed E-state index contributed by atoms with van der Waals surface area (Å²) in [5.74, 6) is -0.444. The van der Waals surface area contributed by atoms with Gasteiger partial charge in [0.15, 0.2) is 5.78 Å². The lowest BCUT2D eigenvalue weighted by Gasteiger charge is -2.04. The predicted octanol–water partition coefficient (Wildman–Crippen LogP) is 1.68. The van der Waals surface area contributed by atoms with Crippen LogP contribution in [0, 0.1) is 12.7 Å². The second kappa shape index (κ2) is 6.35. The third-order valence-electron chi connectivity index (χ3n) is 2.21. The topological polar surface area (TPSA) is 52.3 Å². The molecule has 0 radical (unpaired) electrons. The Hall–Kier alpha value is -1.26. The molecule has 0 atom stereocenters. The lowest BCUT2D eigenvalue weighted by Crippen LogP contribution is -2.12. The minimum Gasteiger partial charge on any atom is -0.373 e. The van der Waals surface area contributed by atoms with Gasteiger partial charge < -0.3 is 10.5 Å². The monoisotopic (exact) mass is 225 g/mol. The first kappa shape index (κ1) is 12.8. The molecule has 0 heterocycles. The van der Waals surface area contributed by atoms with Gasteiger partial charge in [0, 0.05) is 12.2 Å². The Morgan fingerprint density at radius 3 is 2.88 bits per heavy atom. The summed E-state index contributed by atoms with van der Waals surface area (Å²) in [5.41, 5.74) is 6.23. The standard InChI is InChI=1S/C12H16FNO2/c1-9-7-10(3-4-11(9)13)12(15)8-16-6-2-5-14/h3-4,7H,2,5-6,8,14H2,1H3. The summed E-state index contributed by atoms with van der Waals surface area (Å²) in [7, 11) is 0. The molecule has 2 N–H and O–H groups in total. The normalized spacial score (nSPS) is 10.4. The molecule has 0 aliphatic carbocycles. The number of aryl methyl sites for hydroxylation is 1. The molecule has 1 aromatic rings. The van der Waals surface area contributed by atoms with Gasteiger partial charge in [-0.25, -0.2) is 4.39 Å². The van der Waals surface area contributed by atoms with Crippen LogP contribution in [0.1, 0.15) is 22.3 Å². The first-order valence-electron chi connectivity index (χ1n) is 5.22. The Labute approximate surface area is 94.4 Å². The fourth-order valence-corrected chi connectivity index (χ4v) is 1.25. The summed E-state index contributed by atoms with van der Waals surface area (Å²) in [4.78, 5) is 11.6. The van der Waals surface area contributed by atoms with Crippen molar-refractivity contribution >= 4 is 5.78 Å². The maximum atomic E-state index is 13.0. The molecule has 1 rings (SSSR count). The maximum Gasteiger partial charge on any atom is 0.188 e. The van der Waals surface area contributed by atoms with Gasteiger partial charge in [-0.3, -0.25) is 4.79 Å². The van der Waals surface area contributed by atoms with Gasteiger partial charge in [0.05, 0.1) is 0 Å². The average molecular weight is 225 g/mol. The Bertz CT molecular complexity index is 366. The van der Waals surface area contributed by atoms with Crippen molar-refractivity contribution < 1.29 is 13.9 Å². The van der Waals surface area contributed by atoms with E-state index in [2.05, 4.69) is 0 Å². The Kier molecular flexibility index (Phi) is 5.08. The molecule has 0 fully saturated rings. The van der Waals surface area contributed by atoms with Crippen molar-refractivity contribution in [3.63, 3.8) is 0 Å². The summed E-state index contributed by atoms with van der Waals surface area (Å²) in [6.45, 7) is 2.67. The van der Waals surface area contributed by atoms with Gasteiger partial charge in [0.25, 0.3) is 0 Å². The molecule has 1 aromatic carbocycles. The third-order valence-corrected chi connectivity index (χ3v) is 2.21. The summed E-state index contributed by atoms with van der Waals surface area (Å²) in [6, 6.07) is 4.30. The zero-order valence-corrected chi connectivity index (χ0v) is 9.33. The van der Waals surface area contributed by atoms with Crippen LogP contribution >= 0.6 is 0 Å². The number of nitrogens with two attached hydrogens (primary N) is 1. The van der Waals surface area contributed by atoms with E-state index in [1.165, 1.54) is 18.2 Å². The first-order valence-corrected chi connectivity index (χ1v) is 5.22. The predicted molar refractivity (Wildman–Crippen MR) is 60.0 cm³/mol. The van der Waals surface area contributed by atoms with E-state index >= 15 is 0 Å². The largest absolute Gasteiger partial charge is 0.373 e. The number of carbonyl (C=O) groups excluding carboxylic acids is 1. The molecule has 0 saturated carbocycles. The molecule has 3 nitrogen and oxygen atoms in total. The number of hydrogen-bond donors (Lipinski definition) is 1. The third kappa shape index (κ3) is 3.72. The van der Waals surface area contributed by atoms with Gasteiger partial charge in [0.1, 0.15) is 12.4 Å². The number of benzene rings is 1. The van der Waals surface area contributed by atoms with E-state index in [0.717, 1.165) is 6.42 Å². The van der Waals surface area contributed by atoms with E-state index in [9.17, 15) is 9.18 Å². The van der Waals surface area contributed by atoms with Crippen molar-refractivity contribution in [2.24, 2.45) is 5.73 Å². The van der Waals surface area contributed by atoms with Crippen molar-refractivity contribution in [2.75, 3.05) is 19.8 Å². The zero-order chi connectivity index (χ0) is 12.0. The second-order valence-corrected chi connectivity index (χ2v) is 3.58. The molecular weight excluding hydrogens is 209 g/mol. The number of halogens is 1. The van der Waals surface area contributed by atoms with E-state index in [0.29, 0.717) is 24.3 Å². The van der Waals surface area contributed by atoms with Gasteiger partial charge in [-0.05, 0) is 43.7 Å². The smallest absolute Gasteiger partial charge is 0.188 e. The molecule has 0 bridgehead atoms. The highest BCUT2D eigenvalue weighted by molar-refractivity contribution is 5.97. The van der Waals surface area contributed by atoms with Gasteiger partial charge in [-0.2, -0.15) is 0 Å². The molecular formula is C12H16FNO2. The van der Waals surface area contributed by atoms with Crippen molar-refractivity contribution in [3.8, 4) is 0 Å². The van der Waals surface area contributed by atoms with Crippen molar-refractivity contribution in [3.05, 3.63) is 35.1 Å². The van der Waals surface area contributed by atoms with Crippen LogP contribution in [0.4, 0.5) is 4.39 Å². The quantitative estimate of drug-likeness (QED) is 0.592. The van der Waals surface area contributed by atoms with Crippen LogP contribution < -0.4 is 5.73 Å². The lowest BCUT2D eigenvalue weighted by molar-refractivity contribution is 0.0758. The molecule has 88 valence electrons. The number of ketones is 1. The Morgan fingerprint density at radius 1 is 1.50 bits per heavy atom. The molecule has 0 aromatic heterocycles. The van der Waals surface area contributed by atoms with Crippen LogP contribution in [0.2, 0.25) is 0 Å². The van der Waals surface area contributed by atoms with Gasteiger partial charge in [-0.15, -0.1) is 0 Å². The molecule has 0 aliphatic heterocycles. The summed E-state index contributed by atoms with van der Waals surface area (Å²) in [6.07, 6.45) is 0.732. The van der Waals surface area contributed by atoms with Crippen LogP contribution in [0.15, 0.2) is 18.2 Å². The van der Waals surface area contributed by atoms with Gasteiger partial charge >= 0.3 is 0 Å². The number of Topliss-reactive ketones (excluding diaryl/α,β-unsaturated/α-hetero) is 1. The highest BCUT2D eigenvalue weighted by Crippen LogP contribution is 2.09. The number of carbonyl (C=O) groups is 1. The zero-order valence-electron chi connectivity index (χ0n) is 9.33. The van der Waals surface area contributed by atoms with Gasteiger partial charge in [0.2, 0.25) is 0 Å². The number of hydrogen-bond acceptors (Lipinski definition) is 3. The van der Waals surface area contributed by atoms with E-state index in [1.54, 1.807) is 6.92 Å². The SMILES string of the molecule is Cc1cc(C(=O)COCCCN)ccc1F. The maximum absolute atomic E-state index is 13.0. The Morgan fingerprint density at radius 2 is 2.25 bits per heavy atom. The first-order chi connectivity index (χ1) is 7.65. The van der Waals surface area contributed by atoms with E-state index in [4.69, 9.17) is 10.5 Å². The fourth-order valence-electron chi connectivity index (χ4n) is 1.25. The fraction of sp³-hybridized carbons (Fsp3) is 0.417. The van der Waals surface area contributed by atoms with Crippen LogP contribution in [-0.4, -0.2) is 25.5 Å². The summed E-state index contributed by atoms with van der Waals surface area (Å²) in [5, 5.41) is 0. The number of ether oxygens (including phenoxy) is 1. The van der Waals surface area contributed by atoms with E-state index in [-0.39, 0.29) is 18.2 Å². The highest BCUT2D eigenvalue weighted by atomic mass is 19.1. The van der Waals surface area contributed by atoms with Crippen LogP contribution in [0.3, 0.4) is 0 Å². The van der Waals surface area contributed by atoms with Crippen molar-refractivity contribution in [2.45, 2.75) is 13.3 Å². The highest BCUT2D eigenvalue weighted by Gasteiger charge is 2.07. The molecule has 16 heavy (non-hydrogen) atoms. The molecule has 0 aliphatic rings. The van der Waals surface area contributed by atoms with Crippen LogP contribution in [0.5, 0.6) is 0 Å². The van der Waals surface area contributed by atoms with E-state index < -0.39 is 0 Å². The number of rotatable bonds is 6. The van der Waals surface area contributed by atoms with Crippen molar-refractivity contribution in [1.82, 2.24) is 0 Å². The molecule has 0 spiro atoms.